The molecule has 1 saturated heterocycles. The standard InChI is InChI=1S/C19H22O6/c1-22-15-5-4-12(8-18(15)24-3)19-14(21)9-13-16(23-2)6-11(10-20)7-17(13)25-19/h4-5,7,10-12,19H,6,8-9H2,1-3H3/t11?,12?,19-/m1/s1. The molecule has 6 nitrogen and oxygen atoms in total. The van der Waals surface area contributed by atoms with E-state index in [9.17, 15) is 9.59 Å². The van der Waals surface area contributed by atoms with Gasteiger partial charge in [-0.2, -0.15) is 0 Å². The third kappa shape index (κ3) is 3.21. The van der Waals surface area contributed by atoms with Crippen molar-refractivity contribution in [1.82, 2.24) is 0 Å². The van der Waals surface area contributed by atoms with Crippen LogP contribution in [0.15, 0.2) is 46.8 Å². The number of ether oxygens (including phenoxy) is 4. The van der Waals surface area contributed by atoms with Crippen LogP contribution in [0, 0.1) is 11.8 Å². The van der Waals surface area contributed by atoms with Gasteiger partial charge in [-0.15, -0.1) is 0 Å². The lowest BCUT2D eigenvalue weighted by atomic mass is 9.83. The Morgan fingerprint density at radius 3 is 2.52 bits per heavy atom. The van der Waals surface area contributed by atoms with Gasteiger partial charge in [0.2, 0.25) is 0 Å². The summed E-state index contributed by atoms with van der Waals surface area (Å²) in [7, 11) is 4.71. The first kappa shape index (κ1) is 17.3. The second-order valence-electron chi connectivity index (χ2n) is 6.25. The zero-order valence-corrected chi connectivity index (χ0v) is 14.6. The highest BCUT2D eigenvalue weighted by Crippen LogP contribution is 2.39. The van der Waals surface area contributed by atoms with Crippen LogP contribution in [0.4, 0.5) is 0 Å². The van der Waals surface area contributed by atoms with Gasteiger partial charge in [0.15, 0.2) is 17.6 Å². The van der Waals surface area contributed by atoms with E-state index < -0.39 is 6.10 Å². The number of methoxy groups -OCH3 is 3. The topological polar surface area (TPSA) is 71.1 Å². The van der Waals surface area contributed by atoms with Crippen molar-refractivity contribution in [2.24, 2.45) is 11.8 Å². The molecule has 3 rings (SSSR count). The predicted octanol–water partition coefficient (Wildman–Crippen LogP) is 2.43. The van der Waals surface area contributed by atoms with Crippen molar-refractivity contribution < 1.29 is 28.5 Å². The summed E-state index contributed by atoms with van der Waals surface area (Å²) in [6.07, 6.45) is 7.00. The van der Waals surface area contributed by atoms with E-state index in [1.807, 2.05) is 6.08 Å². The molecule has 0 amide bonds. The second kappa shape index (κ2) is 7.17. The summed E-state index contributed by atoms with van der Waals surface area (Å²) in [6.45, 7) is 0. The van der Waals surface area contributed by atoms with Crippen molar-refractivity contribution in [3.63, 3.8) is 0 Å². The smallest absolute Gasteiger partial charge is 0.178 e. The number of rotatable bonds is 5. The minimum atomic E-state index is -0.613. The molecule has 0 aromatic carbocycles. The van der Waals surface area contributed by atoms with Crippen LogP contribution in [-0.2, 0) is 28.5 Å². The molecule has 0 radical (unpaired) electrons. The van der Waals surface area contributed by atoms with Crippen LogP contribution in [0.25, 0.3) is 0 Å². The van der Waals surface area contributed by atoms with Crippen LogP contribution < -0.4 is 0 Å². The lowest BCUT2D eigenvalue weighted by molar-refractivity contribution is -0.132. The first-order valence-corrected chi connectivity index (χ1v) is 8.23. The number of hydrogen-bond acceptors (Lipinski definition) is 6. The van der Waals surface area contributed by atoms with Crippen LogP contribution in [0.2, 0.25) is 0 Å². The largest absolute Gasteiger partial charge is 0.501 e. The Kier molecular flexibility index (Phi) is 4.97. The normalized spacial score (nSPS) is 28.8. The molecule has 2 aliphatic carbocycles. The number of aldehydes is 1. The molecule has 1 aliphatic heterocycles. The Labute approximate surface area is 146 Å². The summed E-state index contributed by atoms with van der Waals surface area (Å²) in [4.78, 5) is 23.9. The summed E-state index contributed by atoms with van der Waals surface area (Å²) in [5.41, 5.74) is 0.752. The van der Waals surface area contributed by atoms with Gasteiger partial charge in [0, 0.05) is 36.7 Å². The van der Waals surface area contributed by atoms with Gasteiger partial charge >= 0.3 is 0 Å². The monoisotopic (exact) mass is 346 g/mol. The fourth-order valence-corrected chi connectivity index (χ4v) is 3.48. The number of fused-ring (bicyclic) bond motifs is 1. The predicted molar refractivity (Wildman–Crippen MR) is 89.1 cm³/mol. The van der Waals surface area contributed by atoms with Crippen molar-refractivity contribution in [1.29, 1.82) is 0 Å². The second-order valence-corrected chi connectivity index (χ2v) is 6.25. The number of Topliss-reactive ketones (excluding diaryl/α,β-unsaturated/α-hetero) is 1. The Morgan fingerprint density at radius 1 is 1.12 bits per heavy atom. The summed E-state index contributed by atoms with van der Waals surface area (Å²) in [5.74, 6) is 2.14. The SMILES string of the molecule is COC1=C(OC)CC([C@H]2OC3=CC(C=O)CC(OC)=C3CC2=O)C=C1. The molecule has 0 N–H and O–H groups in total. The fourth-order valence-electron chi connectivity index (χ4n) is 3.48. The first-order valence-electron chi connectivity index (χ1n) is 8.23. The lowest BCUT2D eigenvalue weighted by Crippen LogP contribution is -2.38. The lowest BCUT2D eigenvalue weighted by Gasteiger charge is -2.35. The van der Waals surface area contributed by atoms with Crippen molar-refractivity contribution in [2.75, 3.05) is 21.3 Å². The van der Waals surface area contributed by atoms with E-state index in [1.165, 1.54) is 0 Å². The van der Waals surface area contributed by atoms with Gasteiger partial charge in [-0.25, -0.2) is 0 Å². The maximum atomic E-state index is 12.7. The Balaban J connectivity index is 1.84. The summed E-state index contributed by atoms with van der Waals surface area (Å²) >= 11 is 0. The Morgan fingerprint density at radius 2 is 1.88 bits per heavy atom. The van der Waals surface area contributed by atoms with Crippen LogP contribution in [0.1, 0.15) is 19.3 Å². The summed E-state index contributed by atoms with van der Waals surface area (Å²) in [5, 5.41) is 0. The molecule has 0 aromatic heterocycles. The molecule has 25 heavy (non-hydrogen) atoms. The van der Waals surface area contributed by atoms with Gasteiger partial charge in [-0.3, -0.25) is 4.79 Å². The van der Waals surface area contributed by atoms with E-state index in [2.05, 4.69) is 0 Å². The molecule has 0 saturated carbocycles. The Hall–Kier alpha value is -2.50. The maximum absolute atomic E-state index is 12.7. The van der Waals surface area contributed by atoms with Crippen molar-refractivity contribution >= 4 is 12.1 Å². The highest BCUT2D eigenvalue weighted by molar-refractivity contribution is 5.88. The average molecular weight is 346 g/mol. The number of carbonyl (C=O) groups is 2. The van der Waals surface area contributed by atoms with Crippen LogP contribution in [0.3, 0.4) is 0 Å². The van der Waals surface area contributed by atoms with E-state index in [4.69, 9.17) is 18.9 Å². The highest BCUT2D eigenvalue weighted by atomic mass is 16.5. The van der Waals surface area contributed by atoms with Gasteiger partial charge in [0.25, 0.3) is 0 Å². The average Bonchev–Trinajstić information content (AvgIpc) is 2.66. The summed E-state index contributed by atoms with van der Waals surface area (Å²) in [6, 6.07) is 0. The molecule has 6 heteroatoms. The van der Waals surface area contributed by atoms with E-state index in [0.717, 1.165) is 11.9 Å². The number of allylic oxidation sites excluding steroid dienone is 5. The molecule has 0 aromatic rings. The molecule has 0 bridgehead atoms. The zero-order valence-electron chi connectivity index (χ0n) is 14.6. The molecule has 134 valence electrons. The zero-order chi connectivity index (χ0) is 18.0. The molecular formula is C19H22O6. The van der Waals surface area contributed by atoms with Crippen LogP contribution in [-0.4, -0.2) is 39.5 Å². The van der Waals surface area contributed by atoms with Crippen molar-refractivity contribution in [2.45, 2.75) is 25.4 Å². The first-order chi connectivity index (χ1) is 12.1. The maximum Gasteiger partial charge on any atom is 0.178 e. The van der Waals surface area contributed by atoms with Crippen LogP contribution in [0.5, 0.6) is 0 Å². The highest BCUT2D eigenvalue weighted by Gasteiger charge is 2.40. The van der Waals surface area contributed by atoms with Crippen molar-refractivity contribution in [3.8, 4) is 0 Å². The van der Waals surface area contributed by atoms with E-state index >= 15 is 0 Å². The van der Waals surface area contributed by atoms with Gasteiger partial charge in [-0.1, -0.05) is 6.08 Å². The number of ketones is 1. The van der Waals surface area contributed by atoms with Gasteiger partial charge in [0.05, 0.1) is 21.3 Å². The molecule has 2 unspecified atom stereocenters. The van der Waals surface area contributed by atoms with Crippen LogP contribution >= 0.6 is 0 Å². The minimum absolute atomic E-state index is 0.00257. The molecule has 1 heterocycles. The molecule has 3 aliphatic rings. The van der Waals surface area contributed by atoms with E-state index in [0.29, 0.717) is 35.9 Å². The van der Waals surface area contributed by atoms with E-state index in [1.54, 1.807) is 33.5 Å². The summed E-state index contributed by atoms with van der Waals surface area (Å²) < 4.78 is 22.0. The van der Waals surface area contributed by atoms with Gasteiger partial charge in [-0.05, 0) is 12.2 Å². The van der Waals surface area contributed by atoms with Gasteiger partial charge < -0.3 is 23.7 Å². The van der Waals surface area contributed by atoms with Crippen molar-refractivity contribution in [3.05, 3.63) is 46.8 Å². The molecule has 3 atom stereocenters. The fraction of sp³-hybridized carbons (Fsp3) is 0.474. The quantitative estimate of drug-likeness (QED) is 0.712. The molecule has 1 fully saturated rings. The number of carbonyl (C=O) groups excluding carboxylic acids is 2. The molecule has 0 spiro atoms. The third-order valence-electron chi connectivity index (χ3n) is 4.81. The number of hydrogen-bond donors (Lipinski definition) is 0. The van der Waals surface area contributed by atoms with E-state index in [-0.39, 0.29) is 24.0 Å². The third-order valence-corrected chi connectivity index (χ3v) is 4.81. The minimum Gasteiger partial charge on any atom is -0.501 e. The Bertz CT molecular complexity index is 697. The molecular weight excluding hydrogens is 324 g/mol. The van der Waals surface area contributed by atoms with Gasteiger partial charge in [0.1, 0.15) is 23.6 Å².